The molecule has 1 aromatic rings. The maximum absolute atomic E-state index is 10.8. The number of rotatable bonds is 5. The van der Waals surface area contributed by atoms with E-state index in [1.165, 1.54) is 12.1 Å². The molecular weight excluding hydrogens is 228 g/mol. The summed E-state index contributed by atoms with van der Waals surface area (Å²) in [5.74, 6) is -1.76. The molecule has 0 spiro atoms. The topological polar surface area (TPSA) is 103 Å². The fourth-order valence-electron chi connectivity index (χ4n) is 1.21. The zero-order chi connectivity index (χ0) is 13.0. The highest BCUT2D eigenvalue weighted by Gasteiger charge is 2.24. The number of aromatic nitrogens is 1. The number of hydrogen-bond acceptors (Lipinski definition) is 5. The molecule has 1 unspecified atom stereocenters. The monoisotopic (exact) mass is 240 g/mol. The Bertz CT molecular complexity index is 446. The third-order valence-electron chi connectivity index (χ3n) is 2.07. The molecule has 1 atom stereocenters. The SMILES string of the molecule is CCC(Oc1ccc(C)nc1[N+](=O)[O-])C(=O)O. The minimum atomic E-state index is -1.16. The molecule has 7 nitrogen and oxygen atoms in total. The zero-order valence-corrected chi connectivity index (χ0v) is 9.41. The second-order valence-electron chi connectivity index (χ2n) is 3.38. The van der Waals surface area contributed by atoms with Crippen LogP contribution in [0.15, 0.2) is 12.1 Å². The first kappa shape index (κ1) is 12.9. The van der Waals surface area contributed by atoms with Gasteiger partial charge >= 0.3 is 11.8 Å². The van der Waals surface area contributed by atoms with Gasteiger partial charge in [0.05, 0.1) is 0 Å². The van der Waals surface area contributed by atoms with E-state index in [9.17, 15) is 14.9 Å². The normalized spacial score (nSPS) is 11.9. The number of carbonyl (C=O) groups is 1. The Morgan fingerprint density at radius 1 is 1.65 bits per heavy atom. The average molecular weight is 240 g/mol. The quantitative estimate of drug-likeness (QED) is 0.618. The number of hydrogen-bond donors (Lipinski definition) is 1. The Hall–Kier alpha value is -2.18. The van der Waals surface area contributed by atoms with Gasteiger partial charge in [-0.25, -0.2) is 4.79 Å². The van der Waals surface area contributed by atoms with Gasteiger partial charge in [0.25, 0.3) is 0 Å². The largest absolute Gasteiger partial charge is 0.479 e. The molecule has 0 saturated carbocycles. The second kappa shape index (κ2) is 5.24. The van der Waals surface area contributed by atoms with Gasteiger partial charge in [-0.1, -0.05) is 6.92 Å². The van der Waals surface area contributed by atoms with Crippen molar-refractivity contribution in [2.75, 3.05) is 0 Å². The first-order valence-corrected chi connectivity index (χ1v) is 4.97. The number of aliphatic carboxylic acids is 1. The van der Waals surface area contributed by atoms with E-state index in [1.807, 2.05) is 0 Å². The molecular formula is C10H12N2O5. The predicted octanol–water partition coefficient (Wildman–Crippen LogP) is 1.54. The molecule has 0 aliphatic carbocycles. The van der Waals surface area contributed by atoms with Crippen molar-refractivity contribution in [3.63, 3.8) is 0 Å². The molecule has 0 fully saturated rings. The summed E-state index contributed by atoms with van der Waals surface area (Å²) >= 11 is 0. The summed E-state index contributed by atoms with van der Waals surface area (Å²) in [5.41, 5.74) is 0.465. The van der Waals surface area contributed by atoms with Crippen LogP contribution in [0.25, 0.3) is 0 Å². The summed E-state index contributed by atoms with van der Waals surface area (Å²) < 4.78 is 5.07. The van der Waals surface area contributed by atoms with Crippen molar-refractivity contribution >= 4 is 11.8 Å². The van der Waals surface area contributed by atoms with Gasteiger partial charge in [-0.05, 0) is 28.5 Å². The van der Waals surface area contributed by atoms with Crippen LogP contribution in [0.3, 0.4) is 0 Å². The maximum Gasteiger partial charge on any atom is 0.406 e. The van der Waals surface area contributed by atoms with Crippen LogP contribution in [0, 0.1) is 17.0 Å². The van der Waals surface area contributed by atoms with Gasteiger partial charge in [-0.3, -0.25) is 0 Å². The highest BCUT2D eigenvalue weighted by Crippen LogP contribution is 2.25. The van der Waals surface area contributed by atoms with E-state index >= 15 is 0 Å². The Morgan fingerprint density at radius 2 is 2.29 bits per heavy atom. The Labute approximate surface area is 97.2 Å². The van der Waals surface area contributed by atoms with Crippen LogP contribution in [-0.2, 0) is 4.79 Å². The van der Waals surface area contributed by atoms with Crippen LogP contribution in [0.1, 0.15) is 19.0 Å². The highest BCUT2D eigenvalue weighted by molar-refractivity contribution is 5.72. The molecule has 92 valence electrons. The molecule has 1 heterocycles. The minimum absolute atomic E-state index is 0.130. The summed E-state index contributed by atoms with van der Waals surface area (Å²) in [6.07, 6.45) is -0.904. The van der Waals surface area contributed by atoms with Crippen LogP contribution in [-0.4, -0.2) is 27.1 Å². The number of carboxylic acid groups (broad SMARTS) is 1. The molecule has 0 aromatic carbocycles. The van der Waals surface area contributed by atoms with Crippen molar-refractivity contribution in [2.45, 2.75) is 26.4 Å². The Morgan fingerprint density at radius 3 is 2.76 bits per heavy atom. The molecule has 0 aliphatic heterocycles. The summed E-state index contributed by atoms with van der Waals surface area (Å²) in [5, 5.41) is 19.5. The number of ether oxygens (including phenoxy) is 1. The van der Waals surface area contributed by atoms with Crippen molar-refractivity contribution in [2.24, 2.45) is 0 Å². The molecule has 1 aromatic heterocycles. The van der Waals surface area contributed by atoms with E-state index < -0.39 is 22.8 Å². The molecule has 7 heteroatoms. The standard InChI is InChI=1S/C10H12N2O5/c1-3-7(10(13)14)17-8-5-4-6(2)11-9(8)12(15)16/h4-5,7H,3H2,1-2H3,(H,13,14). The minimum Gasteiger partial charge on any atom is -0.479 e. The summed E-state index contributed by atoms with van der Waals surface area (Å²) in [7, 11) is 0. The lowest BCUT2D eigenvalue weighted by atomic mass is 10.3. The summed E-state index contributed by atoms with van der Waals surface area (Å²) in [6.45, 7) is 3.22. The summed E-state index contributed by atoms with van der Waals surface area (Å²) in [4.78, 5) is 24.5. The number of pyridine rings is 1. The average Bonchev–Trinajstić information content (AvgIpc) is 2.26. The van der Waals surface area contributed by atoms with Crippen molar-refractivity contribution in [1.82, 2.24) is 4.98 Å². The highest BCUT2D eigenvalue weighted by atomic mass is 16.6. The van der Waals surface area contributed by atoms with Crippen molar-refractivity contribution in [3.05, 3.63) is 27.9 Å². The van der Waals surface area contributed by atoms with Crippen LogP contribution in [0.5, 0.6) is 5.75 Å². The van der Waals surface area contributed by atoms with E-state index in [0.717, 1.165) is 0 Å². The fraction of sp³-hybridized carbons (Fsp3) is 0.400. The van der Waals surface area contributed by atoms with Gasteiger partial charge in [0.15, 0.2) is 6.10 Å². The molecule has 0 bridgehead atoms. The molecule has 0 aliphatic rings. The third-order valence-corrected chi connectivity index (χ3v) is 2.07. The van der Waals surface area contributed by atoms with Gasteiger partial charge < -0.3 is 20.0 Å². The lowest BCUT2D eigenvalue weighted by Gasteiger charge is -2.12. The van der Waals surface area contributed by atoms with E-state index in [0.29, 0.717) is 5.69 Å². The summed E-state index contributed by atoms with van der Waals surface area (Å²) in [6, 6.07) is 2.88. The number of carboxylic acids is 1. The van der Waals surface area contributed by atoms with Crippen LogP contribution in [0.4, 0.5) is 5.82 Å². The molecule has 0 saturated heterocycles. The fourth-order valence-corrected chi connectivity index (χ4v) is 1.21. The van der Waals surface area contributed by atoms with Gasteiger partial charge in [0, 0.05) is 6.92 Å². The predicted molar refractivity (Wildman–Crippen MR) is 58.0 cm³/mol. The van der Waals surface area contributed by atoms with Crippen LogP contribution in [0.2, 0.25) is 0 Å². The van der Waals surface area contributed by atoms with Gasteiger partial charge in [0.1, 0.15) is 5.69 Å². The lowest BCUT2D eigenvalue weighted by Crippen LogP contribution is -2.26. The molecule has 0 radical (unpaired) electrons. The van der Waals surface area contributed by atoms with Gasteiger partial charge in [0.2, 0.25) is 5.75 Å². The van der Waals surface area contributed by atoms with E-state index in [-0.39, 0.29) is 12.2 Å². The van der Waals surface area contributed by atoms with Crippen LogP contribution >= 0.6 is 0 Å². The maximum atomic E-state index is 10.8. The third kappa shape index (κ3) is 3.13. The Kier molecular flexibility index (Phi) is 3.97. The molecule has 1 N–H and O–H groups in total. The van der Waals surface area contributed by atoms with E-state index in [2.05, 4.69) is 4.98 Å². The van der Waals surface area contributed by atoms with Crippen molar-refractivity contribution in [1.29, 1.82) is 0 Å². The number of aryl methyl sites for hydroxylation is 1. The lowest BCUT2D eigenvalue weighted by molar-refractivity contribution is -0.390. The number of nitro groups is 1. The van der Waals surface area contributed by atoms with Crippen molar-refractivity contribution < 1.29 is 19.6 Å². The molecule has 0 amide bonds. The second-order valence-corrected chi connectivity index (χ2v) is 3.38. The van der Waals surface area contributed by atoms with Gasteiger partial charge in [-0.2, -0.15) is 0 Å². The number of nitrogens with zero attached hydrogens (tertiary/aromatic N) is 2. The zero-order valence-electron chi connectivity index (χ0n) is 9.41. The first-order chi connectivity index (χ1) is 7.95. The van der Waals surface area contributed by atoms with E-state index in [4.69, 9.17) is 9.84 Å². The van der Waals surface area contributed by atoms with Gasteiger partial charge in [-0.15, -0.1) is 0 Å². The molecule has 17 heavy (non-hydrogen) atoms. The Balaban J connectivity index is 3.05. The van der Waals surface area contributed by atoms with Crippen molar-refractivity contribution in [3.8, 4) is 5.75 Å². The van der Waals surface area contributed by atoms with E-state index in [1.54, 1.807) is 13.8 Å². The van der Waals surface area contributed by atoms with Crippen LogP contribution < -0.4 is 4.74 Å². The molecule has 1 rings (SSSR count). The first-order valence-electron chi connectivity index (χ1n) is 4.97. The smallest absolute Gasteiger partial charge is 0.406 e.